The summed E-state index contributed by atoms with van der Waals surface area (Å²) in [6.07, 6.45) is 5.02. The molecule has 0 saturated carbocycles. The first-order valence-corrected chi connectivity index (χ1v) is 6.17. The number of rotatable bonds is 2. The highest BCUT2D eigenvalue weighted by atomic mass is 16.3. The third-order valence-electron chi connectivity index (χ3n) is 3.37. The van der Waals surface area contributed by atoms with Crippen LogP contribution in [0.4, 0.5) is 0 Å². The molecule has 98 valence electrons. The van der Waals surface area contributed by atoms with Crippen LogP contribution in [0.25, 0.3) is 11.5 Å². The second kappa shape index (κ2) is 4.06. The molecule has 0 aromatic carbocycles. The summed E-state index contributed by atoms with van der Waals surface area (Å²) in [6.45, 7) is 0. The highest BCUT2D eigenvalue weighted by Gasteiger charge is 2.36. The molecule has 2 N–H and O–H groups in total. The van der Waals surface area contributed by atoms with Crippen LogP contribution in [0.2, 0.25) is 0 Å². The fraction of sp³-hybridized carbons (Fsp3) is 0.0714. The van der Waals surface area contributed by atoms with Crippen molar-refractivity contribution >= 4 is 5.91 Å². The number of aromatic nitrogens is 3. The van der Waals surface area contributed by atoms with Crippen LogP contribution >= 0.6 is 0 Å². The Morgan fingerprint density at radius 2 is 2.20 bits per heavy atom. The molecule has 1 amide bonds. The van der Waals surface area contributed by atoms with Crippen LogP contribution in [0.15, 0.2) is 47.3 Å². The zero-order chi connectivity index (χ0) is 13.5. The van der Waals surface area contributed by atoms with Crippen LogP contribution in [-0.2, 0) is 0 Å². The summed E-state index contributed by atoms with van der Waals surface area (Å²) in [5, 5.41) is 9.89. The fourth-order valence-electron chi connectivity index (χ4n) is 2.48. The SMILES string of the molecule is O=C1NC(c2cccnc2)c2c1n[nH]c2-c1ccco1. The lowest BCUT2D eigenvalue weighted by molar-refractivity contribution is 0.0955. The van der Waals surface area contributed by atoms with E-state index >= 15 is 0 Å². The quantitative estimate of drug-likeness (QED) is 0.742. The Hall–Kier alpha value is -2.89. The third-order valence-corrected chi connectivity index (χ3v) is 3.37. The standard InChI is InChI=1S/C14H10N4O2/c19-14-13-10(11(16-14)8-3-1-5-15-7-8)12(17-18-13)9-4-2-6-20-9/h1-7,11H,(H,16,19)(H,17,18). The highest BCUT2D eigenvalue weighted by Crippen LogP contribution is 2.36. The molecule has 1 atom stereocenters. The van der Waals surface area contributed by atoms with Gasteiger partial charge in [-0.1, -0.05) is 6.07 Å². The molecule has 20 heavy (non-hydrogen) atoms. The van der Waals surface area contributed by atoms with Crippen molar-refractivity contribution in [2.45, 2.75) is 6.04 Å². The molecule has 1 aliphatic rings. The lowest BCUT2D eigenvalue weighted by atomic mass is 10.0. The number of carbonyl (C=O) groups excluding carboxylic acids is 1. The molecule has 4 heterocycles. The minimum atomic E-state index is -0.259. The first-order valence-electron chi connectivity index (χ1n) is 6.17. The van der Waals surface area contributed by atoms with E-state index in [4.69, 9.17) is 4.42 Å². The second-order valence-electron chi connectivity index (χ2n) is 4.53. The van der Waals surface area contributed by atoms with Gasteiger partial charge in [0.05, 0.1) is 12.3 Å². The Morgan fingerprint density at radius 3 is 2.95 bits per heavy atom. The Labute approximate surface area is 113 Å². The number of furan rings is 1. The zero-order valence-electron chi connectivity index (χ0n) is 10.3. The summed E-state index contributed by atoms with van der Waals surface area (Å²) >= 11 is 0. The molecule has 4 rings (SSSR count). The number of fused-ring (bicyclic) bond motifs is 1. The van der Waals surface area contributed by atoms with Crippen molar-refractivity contribution in [3.63, 3.8) is 0 Å². The molecule has 1 unspecified atom stereocenters. The largest absolute Gasteiger partial charge is 0.463 e. The third kappa shape index (κ3) is 1.48. The molecule has 0 aliphatic carbocycles. The van der Waals surface area contributed by atoms with E-state index in [9.17, 15) is 4.79 Å². The summed E-state index contributed by atoms with van der Waals surface area (Å²) in [7, 11) is 0. The number of hydrogen-bond acceptors (Lipinski definition) is 4. The highest BCUT2D eigenvalue weighted by molar-refractivity contribution is 5.99. The van der Waals surface area contributed by atoms with Gasteiger partial charge in [0, 0.05) is 18.0 Å². The average molecular weight is 266 g/mol. The first kappa shape index (κ1) is 11.0. The number of hydrogen-bond donors (Lipinski definition) is 2. The molecule has 3 aromatic heterocycles. The van der Waals surface area contributed by atoms with E-state index < -0.39 is 0 Å². The Morgan fingerprint density at radius 1 is 1.25 bits per heavy atom. The van der Waals surface area contributed by atoms with Gasteiger partial charge in [-0.3, -0.25) is 14.9 Å². The van der Waals surface area contributed by atoms with Crippen LogP contribution in [0.3, 0.4) is 0 Å². The summed E-state index contributed by atoms with van der Waals surface area (Å²) in [5.74, 6) is 0.465. The molecular weight excluding hydrogens is 256 g/mol. The molecule has 0 spiro atoms. The molecule has 0 bridgehead atoms. The van der Waals surface area contributed by atoms with Gasteiger partial charge in [-0.2, -0.15) is 5.10 Å². The van der Waals surface area contributed by atoms with Crippen LogP contribution in [0.5, 0.6) is 0 Å². The second-order valence-corrected chi connectivity index (χ2v) is 4.53. The van der Waals surface area contributed by atoms with Crippen molar-refractivity contribution in [1.29, 1.82) is 0 Å². The topological polar surface area (TPSA) is 83.8 Å². The minimum Gasteiger partial charge on any atom is -0.463 e. The van der Waals surface area contributed by atoms with E-state index in [0.29, 0.717) is 11.5 Å². The van der Waals surface area contributed by atoms with Gasteiger partial charge in [-0.25, -0.2) is 0 Å². The van der Waals surface area contributed by atoms with Gasteiger partial charge >= 0.3 is 0 Å². The van der Waals surface area contributed by atoms with Gasteiger partial charge in [0.2, 0.25) is 0 Å². The number of amides is 1. The average Bonchev–Trinajstić information content (AvgIpc) is 3.17. The van der Waals surface area contributed by atoms with E-state index in [1.807, 2.05) is 18.2 Å². The van der Waals surface area contributed by atoms with E-state index in [1.54, 1.807) is 24.7 Å². The maximum atomic E-state index is 12.0. The minimum absolute atomic E-state index is 0.192. The first-order chi connectivity index (χ1) is 9.84. The lowest BCUT2D eigenvalue weighted by Gasteiger charge is -2.11. The summed E-state index contributed by atoms with van der Waals surface area (Å²) in [6, 6.07) is 7.13. The van der Waals surface area contributed by atoms with Crippen molar-refractivity contribution in [3.8, 4) is 11.5 Å². The predicted molar refractivity (Wildman–Crippen MR) is 69.8 cm³/mol. The molecule has 6 heteroatoms. The number of nitrogens with one attached hydrogen (secondary N) is 2. The van der Waals surface area contributed by atoms with E-state index in [-0.39, 0.29) is 11.9 Å². The van der Waals surface area contributed by atoms with Gasteiger partial charge in [-0.05, 0) is 23.8 Å². The smallest absolute Gasteiger partial charge is 0.272 e. The number of carbonyl (C=O) groups is 1. The van der Waals surface area contributed by atoms with E-state index in [2.05, 4.69) is 20.5 Å². The van der Waals surface area contributed by atoms with E-state index in [0.717, 1.165) is 16.8 Å². The van der Waals surface area contributed by atoms with Gasteiger partial charge in [0.1, 0.15) is 5.69 Å². The van der Waals surface area contributed by atoms with Crippen LogP contribution in [-0.4, -0.2) is 21.1 Å². The van der Waals surface area contributed by atoms with Crippen molar-refractivity contribution in [3.05, 3.63) is 59.7 Å². The van der Waals surface area contributed by atoms with E-state index in [1.165, 1.54) is 0 Å². The Balaban J connectivity index is 1.89. The van der Waals surface area contributed by atoms with Crippen LogP contribution < -0.4 is 5.32 Å². The van der Waals surface area contributed by atoms with Crippen molar-refractivity contribution < 1.29 is 9.21 Å². The lowest BCUT2D eigenvalue weighted by Crippen LogP contribution is -2.21. The number of aromatic amines is 1. The van der Waals surface area contributed by atoms with Gasteiger partial charge in [0.15, 0.2) is 11.5 Å². The molecule has 0 saturated heterocycles. The fourth-order valence-corrected chi connectivity index (χ4v) is 2.48. The molecule has 6 nitrogen and oxygen atoms in total. The molecule has 1 aliphatic heterocycles. The monoisotopic (exact) mass is 266 g/mol. The Bertz CT molecular complexity index is 762. The normalized spacial score (nSPS) is 17.0. The molecule has 0 radical (unpaired) electrons. The molecule has 0 fully saturated rings. The summed E-state index contributed by atoms with van der Waals surface area (Å²) in [5.41, 5.74) is 2.84. The maximum Gasteiger partial charge on any atom is 0.272 e. The van der Waals surface area contributed by atoms with Crippen molar-refractivity contribution in [2.24, 2.45) is 0 Å². The zero-order valence-corrected chi connectivity index (χ0v) is 10.3. The van der Waals surface area contributed by atoms with Gasteiger partial charge in [0.25, 0.3) is 5.91 Å². The van der Waals surface area contributed by atoms with Crippen LogP contribution in [0.1, 0.15) is 27.7 Å². The number of pyridine rings is 1. The molecular formula is C14H10N4O2. The van der Waals surface area contributed by atoms with Crippen molar-refractivity contribution in [1.82, 2.24) is 20.5 Å². The summed E-state index contributed by atoms with van der Waals surface area (Å²) < 4.78 is 5.40. The number of nitrogens with zero attached hydrogens (tertiary/aromatic N) is 2. The molecule has 3 aromatic rings. The number of H-pyrrole nitrogens is 1. The van der Waals surface area contributed by atoms with Crippen molar-refractivity contribution in [2.75, 3.05) is 0 Å². The summed E-state index contributed by atoms with van der Waals surface area (Å²) in [4.78, 5) is 16.1. The van der Waals surface area contributed by atoms with Crippen LogP contribution in [0, 0.1) is 0 Å². The van der Waals surface area contributed by atoms with Gasteiger partial charge in [-0.15, -0.1) is 0 Å². The Kier molecular flexibility index (Phi) is 2.23. The maximum absolute atomic E-state index is 12.0. The van der Waals surface area contributed by atoms with Gasteiger partial charge < -0.3 is 9.73 Å². The predicted octanol–water partition coefficient (Wildman–Crippen LogP) is 1.90.